The van der Waals surface area contributed by atoms with E-state index < -0.39 is 27.2 Å². The number of nitrogens with zero attached hydrogens (tertiary/aromatic N) is 2. The number of sulfonamides is 1. The molecular weight excluding hydrogens is 322 g/mol. The van der Waals surface area contributed by atoms with Crippen LogP contribution in [0.2, 0.25) is 0 Å². The normalized spacial score (nSPS) is 11.6. The molecule has 0 fully saturated rings. The minimum Gasteiger partial charge on any atom is -0.477 e. The number of hydrogen-bond acceptors (Lipinski definition) is 5. The molecule has 1 aromatic heterocycles. The van der Waals surface area contributed by atoms with Gasteiger partial charge in [0.15, 0.2) is 5.69 Å². The molecule has 0 unspecified atom stereocenters. The summed E-state index contributed by atoms with van der Waals surface area (Å²) >= 11 is 0. The minimum atomic E-state index is -3.78. The lowest BCUT2D eigenvalue weighted by atomic mass is 10.2. The van der Waals surface area contributed by atoms with Crippen molar-refractivity contribution in [3.05, 3.63) is 57.8 Å². The van der Waals surface area contributed by atoms with Crippen molar-refractivity contribution in [2.45, 2.75) is 18.4 Å². The number of aromatic nitrogens is 2. The lowest BCUT2D eigenvalue weighted by Crippen LogP contribution is -2.29. The Morgan fingerprint density at radius 2 is 1.91 bits per heavy atom. The van der Waals surface area contributed by atoms with Crippen molar-refractivity contribution < 1.29 is 18.3 Å². The molecule has 1 heterocycles. The van der Waals surface area contributed by atoms with Gasteiger partial charge in [-0.25, -0.2) is 18.2 Å². The first-order valence-corrected chi connectivity index (χ1v) is 8.00. The number of aryl methyl sites for hydroxylation is 1. The van der Waals surface area contributed by atoms with Gasteiger partial charge in [-0.2, -0.15) is 4.31 Å². The van der Waals surface area contributed by atoms with E-state index in [0.717, 1.165) is 15.9 Å². The molecule has 122 valence electrons. The highest BCUT2D eigenvalue weighted by Crippen LogP contribution is 2.16. The third kappa shape index (κ3) is 3.82. The summed E-state index contributed by atoms with van der Waals surface area (Å²) in [4.78, 5) is 28.5. The standard InChI is InChI=1S/C14H15N3O5S/c1-9-3-5-10(6-4-9)23(21,22)17(2)8-12-15-11(14(19)20)7-13(18)16-12/h3-7H,8H2,1-2H3,(H,19,20)(H,15,16,18). The Balaban J connectivity index is 2.31. The zero-order valence-corrected chi connectivity index (χ0v) is 13.3. The molecule has 2 rings (SSSR count). The van der Waals surface area contributed by atoms with Crippen LogP contribution in [0.3, 0.4) is 0 Å². The molecule has 8 nitrogen and oxygen atoms in total. The highest BCUT2D eigenvalue weighted by atomic mass is 32.2. The maximum atomic E-state index is 12.4. The van der Waals surface area contributed by atoms with E-state index in [9.17, 15) is 18.0 Å². The van der Waals surface area contributed by atoms with Crippen molar-refractivity contribution >= 4 is 16.0 Å². The molecule has 0 aliphatic carbocycles. The Morgan fingerprint density at radius 1 is 1.30 bits per heavy atom. The molecule has 1 aromatic carbocycles. The Hall–Kier alpha value is -2.52. The van der Waals surface area contributed by atoms with Gasteiger partial charge in [-0.3, -0.25) is 4.79 Å². The second kappa shape index (κ2) is 6.31. The number of aromatic carboxylic acids is 1. The summed E-state index contributed by atoms with van der Waals surface area (Å²) in [6.45, 7) is 1.58. The fourth-order valence-electron chi connectivity index (χ4n) is 1.88. The van der Waals surface area contributed by atoms with Gasteiger partial charge in [-0.15, -0.1) is 0 Å². The van der Waals surface area contributed by atoms with Crippen LogP contribution in [0.4, 0.5) is 0 Å². The molecule has 9 heteroatoms. The molecule has 0 bridgehead atoms. The van der Waals surface area contributed by atoms with E-state index in [1.54, 1.807) is 12.1 Å². The van der Waals surface area contributed by atoms with E-state index in [4.69, 9.17) is 5.11 Å². The van der Waals surface area contributed by atoms with Crippen molar-refractivity contribution in [3.8, 4) is 0 Å². The van der Waals surface area contributed by atoms with Crippen molar-refractivity contribution in [1.29, 1.82) is 0 Å². The molecule has 2 aromatic rings. The van der Waals surface area contributed by atoms with Gasteiger partial charge in [0.05, 0.1) is 11.4 Å². The Kier molecular flexibility index (Phi) is 4.62. The number of carboxylic acids is 1. The molecule has 0 aliphatic heterocycles. The third-order valence-electron chi connectivity index (χ3n) is 3.11. The Bertz CT molecular complexity index is 887. The van der Waals surface area contributed by atoms with Crippen LogP contribution in [0.15, 0.2) is 40.0 Å². The van der Waals surface area contributed by atoms with Crippen LogP contribution in [-0.4, -0.2) is 40.8 Å². The van der Waals surface area contributed by atoms with E-state index in [0.29, 0.717) is 0 Å². The predicted molar refractivity (Wildman–Crippen MR) is 81.6 cm³/mol. The summed E-state index contributed by atoms with van der Waals surface area (Å²) in [5.41, 5.74) is -0.176. The lowest BCUT2D eigenvalue weighted by Gasteiger charge is -2.16. The number of aromatic amines is 1. The van der Waals surface area contributed by atoms with Gasteiger partial charge in [-0.1, -0.05) is 17.7 Å². The zero-order valence-electron chi connectivity index (χ0n) is 12.5. The van der Waals surface area contributed by atoms with E-state index in [1.807, 2.05) is 6.92 Å². The molecule has 0 saturated heterocycles. The third-order valence-corrected chi connectivity index (χ3v) is 4.93. The average molecular weight is 337 g/mol. The van der Waals surface area contributed by atoms with E-state index in [-0.39, 0.29) is 17.3 Å². The van der Waals surface area contributed by atoms with Gasteiger partial charge in [0.2, 0.25) is 10.0 Å². The largest absolute Gasteiger partial charge is 0.477 e. The fourth-order valence-corrected chi connectivity index (χ4v) is 3.01. The first-order valence-electron chi connectivity index (χ1n) is 6.56. The summed E-state index contributed by atoms with van der Waals surface area (Å²) < 4.78 is 25.9. The summed E-state index contributed by atoms with van der Waals surface area (Å²) in [6.07, 6.45) is 0. The van der Waals surface area contributed by atoms with Crippen molar-refractivity contribution in [2.75, 3.05) is 7.05 Å². The SMILES string of the molecule is Cc1ccc(S(=O)(=O)N(C)Cc2nc(C(=O)O)cc(=O)[nH]2)cc1. The molecule has 0 saturated carbocycles. The van der Waals surface area contributed by atoms with Crippen molar-refractivity contribution in [2.24, 2.45) is 0 Å². The molecule has 0 aliphatic rings. The van der Waals surface area contributed by atoms with Gasteiger partial charge in [0, 0.05) is 13.1 Å². The zero-order chi connectivity index (χ0) is 17.2. The lowest BCUT2D eigenvalue weighted by molar-refractivity contribution is 0.0689. The number of carbonyl (C=O) groups is 1. The number of benzene rings is 1. The quantitative estimate of drug-likeness (QED) is 0.824. The first kappa shape index (κ1) is 16.8. The maximum Gasteiger partial charge on any atom is 0.354 e. The predicted octanol–water partition coefficient (Wildman–Crippen LogP) is 0.597. The molecule has 2 N–H and O–H groups in total. The van der Waals surface area contributed by atoms with E-state index >= 15 is 0 Å². The highest BCUT2D eigenvalue weighted by molar-refractivity contribution is 7.89. The maximum absolute atomic E-state index is 12.4. The number of rotatable bonds is 5. The molecular formula is C14H15N3O5S. The smallest absolute Gasteiger partial charge is 0.354 e. The number of nitrogens with one attached hydrogen (secondary N) is 1. The van der Waals surface area contributed by atoms with Gasteiger partial charge in [-0.05, 0) is 19.1 Å². The Morgan fingerprint density at radius 3 is 2.48 bits per heavy atom. The minimum absolute atomic E-state index is 0.0481. The van der Waals surface area contributed by atoms with Gasteiger partial charge in [0.25, 0.3) is 5.56 Å². The topological polar surface area (TPSA) is 120 Å². The van der Waals surface area contributed by atoms with E-state index in [1.165, 1.54) is 19.2 Å². The van der Waals surface area contributed by atoms with Crippen LogP contribution in [0.5, 0.6) is 0 Å². The first-order chi connectivity index (χ1) is 10.7. The van der Waals surface area contributed by atoms with Crippen LogP contribution >= 0.6 is 0 Å². The van der Waals surface area contributed by atoms with Crippen LogP contribution < -0.4 is 5.56 Å². The monoisotopic (exact) mass is 337 g/mol. The van der Waals surface area contributed by atoms with Gasteiger partial charge < -0.3 is 10.1 Å². The summed E-state index contributed by atoms with van der Waals surface area (Å²) in [5.74, 6) is -1.41. The van der Waals surface area contributed by atoms with Gasteiger partial charge in [0.1, 0.15) is 5.82 Å². The fraction of sp³-hybridized carbons (Fsp3) is 0.214. The average Bonchev–Trinajstić information content (AvgIpc) is 2.46. The second-order valence-electron chi connectivity index (χ2n) is 4.96. The van der Waals surface area contributed by atoms with Crippen molar-refractivity contribution in [1.82, 2.24) is 14.3 Å². The summed E-state index contributed by atoms with van der Waals surface area (Å²) in [5, 5.41) is 8.88. The molecule has 0 radical (unpaired) electrons. The van der Waals surface area contributed by atoms with Crippen LogP contribution in [0.1, 0.15) is 21.9 Å². The van der Waals surface area contributed by atoms with Crippen molar-refractivity contribution in [3.63, 3.8) is 0 Å². The number of hydrogen-bond donors (Lipinski definition) is 2. The second-order valence-corrected chi connectivity index (χ2v) is 7.00. The molecule has 0 atom stereocenters. The van der Waals surface area contributed by atoms with E-state index in [2.05, 4.69) is 9.97 Å². The summed E-state index contributed by atoms with van der Waals surface area (Å²) in [6, 6.07) is 7.13. The van der Waals surface area contributed by atoms with Crippen LogP contribution in [0.25, 0.3) is 0 Å². The highest BCUT2D eigenvalue weighted by Gasteiger charge is 2.22. The number of H-pyrrole nitrogens is 1. The van der Waals surface area contributed by atoms with Gasteiger partial charge >= 0.3 is 5.97 Å². The molecule has 0 amide bonds. The van der Waals surface area contributed by atoms with Crippen LogP contribution in [0, 0.1) is 6.92 Å². The number of carboxylic acid groups (broad SMARTS) is 1. The molecule has 23 heavy (non-hydrogen) atoms. The molecule has 0 spiro atoms. The Labute approximate surface area is 132 Å². The van der Waals surface area contributed by atoms with Crippen LogP contribution in [-0.2, 0) is 16.6 Å². The summed E-state index contributed by atoms with van der Waals surface area (Å²) in [7, 11) is -2.45.